The maximum atomic E-state index is 12.0. The van der Waals surface area contributed by atoms with E-state index >= 15 is 0 Å². The molecule has 8 heavy (non-hydrogen) atoms. The lowest BCUT2D eigenvalue weighted by molar-refractivity contribution is 0.313. The number of terminal acetylenes is 1. The summed E-state index contributed by atoms with van der Waals surface area (Å²) in [7, 11) is 0. The second-order valence-corrected chi connectivity index (χ2v) is 1.22. The quantitative estimate of drug-likeness (QED) is 0.447. The lowest BCUT2D eigenvalue weighted by Gasteiger charge is -1.80. The molecule has 1 aromatic heterocycles. The lowest BCUT2D eigenvalue weighted by Crippen LogP contribution is -1.85. The summed E-state index contributed by atoms with van der Waals surface area (Å²) in [4.78, 5) is 0.153. The zero-order valence-electron chi connectivity index (χ0n) is 4.00. The van der Waals surface area contributed by atoms with Crippen molar-refractivity contribution in [2.75, 3.05) is 0 Å². The Balaban J connectivity index is 3.15. The van der Waals surface area contributed by atoms with Gasteiger partial charge in [-0.1, -0.05) is 9.39 Å². The Morgan fingerprint density at radius 1 is 1.88 bits per heavy atom. The summed E-state index contributed by atoms with van der Waals surface area (Å²) in [6.45, 7) is 0. The van der Waals surface area contributed by atoms with Crippen molar-refractivity contribution in [2.45, 2.75) is 0 Å². The summed E-state index contributed by atoms with van der Waals surface area (Å²) in [5.74, 6) is 2.10. The molecule has 0 spiro atoms. The SMILES string of the molecule is C#Cc1ccnn1F. The van der Waals surface area contributed by atoms with E-state index in [-0.39, 0.29) is 10.6 Å². The molecule has 0 atom stereocenters. The lowest BCUT2D eigenvalue weighted by atomic mass is 10.5. The van der Waals surface area contributed by atoms with Gasteiger partial charge in [0.1, 0.15) is 5.69 Å². The monoisotopic (exact) mass is 110 g/mol. The smallest absolute Gasteiger partial charge is 0.146 e. The largest absolute Gasteiger partial charge is 0.150 e. The minimum Gasteiger partial charge on any atom is -0.150 e. The van der Waals surface area contributed by atoms with Crippen LogP contribution in [0.5, 0.6) is 0 Å². The minimum absolute atomic E-state index is 0.144. The van der Waals surface area contributed by atoms with Crippen LogP contribution >= 0.6 is 0 Å². The van der Waals surface area contributed by atoms with Crippen molar-refractivity contribution in [3.05, 3.63) is 18.0 Å². The number of halogens is 1. The highest BCUT2D eigenvalue weighted by Gasteiger charge is 1.92. The highest BCUT2D eigenvalue weighted by molar-refractivity contribution is 5.21. The Morgan fingerprint density at radius 3 is 2.88 bits per heavy atom. The topological polar surface area (TPSA) is 17.8 Å². The summed E-state index contributed by atoms with van der Waals surface area (Å²) >= 11 is 0. The predicted molar refractivity (Wildman–Crippen MR) is 26.7 cm³/mol. The van der Waals surface area contributed by atoms with Crippen molar-refractivity contribution >= 4 is 0 Å². The normalized spacial score (nSPS) is 8.50. The molecule has 0 aliphatic rings. The second kappa shape index (κ2) is 1.66. The molecule has 40 valence electrons. The second-order valence-electron chi connectivity index (χ2n) is 1.22. The van der Waals surface area contributed by atoms with Crippen molar-refractivity contribution in [3.63, 3.8) is 0 Å². The fourth-order valence-electron chi connectivity index (χ4n) is 0.388. The Bertz CT molecular complexity index is 221. The average Bonchev–Trinajstić information content (AvgIpc) is 2.14. The first kappa shape index (κ1) is 4.85. The van der Waals surface area contributed by atoms with Gasteiger partial charge in [-0.3, -0.25) is 0 Å². The molecular weight excluding hydrogens is 107 g/mol. The van der Waals surface area contributed by atoms with Crippen LogP contribution < -0.4 is 0 Å². The molecule has 1 aromatic rings. The van der Waals surface area contributed by atoms with Crippen molar-refractivity contribution in [1.29, 1.82) is 0 Å². The summed E-state index contributed by atoms with van der Waals surface area (Å²) < 4.78 is 12.0. The third kappa shape index (κ3) is 0.562. The Hall–Kier alpha value is -1.30. The highest BCUT2D eigenvalue weighted by atomic mass is 19.2. The van der Waals surface area contributed by atoms with Gasteiger partial charge in [0.05, 0.1) is 6.20 Å². The van der Waals surface area contributed by atoms with Gasteiger partial charge in [-0.25, -0.2) is 0 Å². The van der Waals surface area contributed by atoms with E-state index in [0.717, 1.165) is 0 Å². The number of aromatic nitrogens is 2. The van der Waals surface area contributed by atoms with Crippen molar-refractivity contribution in [1.82, 2.24) is 10.0 Å². The van der Waals surface area contributed by atoms with Gasteiger partial charge in [0.15, 0.2) is 0 Å². The molecule has 1 rings (SSSR count). The van der Waals surface area contributed by atoms with Gasteiger partial charge in [-0.2, -0.15) is 0 Å². The van der Waals surface area contributed by atoms with Crippen molar-refractivity contribution < 1.29 is 4.48 Å². The molecule has 3 heteroatoms. The summed E-state index contributed by atoms with van der Waals surface area (Å²) in [5.41, 5.74) is 0.144. The first-order valence-corrected chi connectivity index (χ1v) is 2.01. The van der Waals surface area contributed by atoms with Crippen LogP contribution in [0.3, 0.4) is 0 Å². The summed E-state index contributed by atoms with van der Waals surface area (Å²) in [5, 5.41) is 3.19. The molecule has 0 amide bonds. The molecule has 0 aromatic carbocycles. The first-order valence-electron chi connectivity index (χ1n) is 2.01. The molecule has 1 heterocycles. The Kier molecular flexibility index (Phi) is 1.01. The van der Waals surface area contributed by atoms with Crippen LogP contribution in [0, 0.1) is 12.3 Å². The Morgan fingerprint density at radius 2 is 2.62 bits per heavy atom. The average molecular weight is 110 g/mol. The zero-order chi connectivity index (χ0) is 5.98. The minimum atomic E-state index is 0.144. The zero-order valence-corrected chi connectivity index (χ0v) is 4.00. The maximum Gasteiger partial charge on any atom is 0.146 e. The van der Waals surface area contributed by atoms with E-state index in [2.05, 4.69) is 11.0 Å². The van der Waals surface area contributed by atoms with E-state index in [1.54, 1.807) is 0 Å². The molecule has 0 saturated carbocycles. The Labute approximate surface area is 45.9 Å². The van der Waals surface area contributed by atoms with Crippen LogP contribution in [-0.2, 0) is 0 Å². The molecule has 0 bridgehead atoms. The predicted octanol–water partition coefficient (Wildman–Crippen LogP) is 0.597. The molecule has 2 nitrogen and oxygen atoms in total. The van der Waals surface area contributed by atoms with Gasteiger partial charge in [-0.15, -0.1) is 11.5 Å². The maximum absolute atomic E-state index is 12.0. The molecule has 0 N–H and O–H groups in total. The molecule has 0 unspecified atom stereocenters. The van der Waals surface area contributed by atoms with Gasteiger partial charge in [0.2, 0.25) is 0 Å². The van der Waals surface area contributed by atoms with Crippen LogP contribution in [-0.4, -0.2) is 10.0 Å². The molecule has 0 saturated heterocycles. The van der Waals surface area contributed by atoms with Crippen LogP contribution in [0.1, 0.15) is 5.69 Å². The molecule has 0 fully saturated rings. The highest BCUT2D eigenvalue weighted by Crippen LogP contribution is 1.93. The number of hydrogen-bond acceptors (Lipinski definition) is 1. The van der Waals surface area contributed by atoms with Crippen LogP contribution in [0.4, 0.5) is 4.48 Å². The molecular formula is C5H3FN2. The standard InChI is InChI=1S/C5H3FN2/c1-2-5-3-4-7-8(5)6/h1,3-4H. The van der Waals surface area contributed by atoms with E-state index in [1.165, 1.54) is 12.3 Å². The van der Waals surface area contributed by atoms with E-state index in [0.29, 0.717) is 0 Å². The van der Waals surface area contributed by atoms with E-state index in [4.69, 9.17) is 6.42 Å². The van der Waals surface area contributed by atoms with Gasteiger partial charge >= 0.3 is 0 Å². The molecule has 0 radical (unpaired) electrons. The van der Waals surface area contributed by atoms with E-state index < -0.39 is 0 Å². The third-order valence-corrected chi connectivity index (χ3v) is 0.747. The number of nitrogens with zero attached hydrogens (tertiary/aromatic N) is 2. The van der Waals surface area contributed by atoms with Crippen LogP contribution in [0.25, 0.3) is 0 Å². The van der Waals surface area contributed by atoms with Gasteiger partial charge < -0.3 is 0 Å². The van der Waals surface area contributed by atoms with Gasteiger partial charge in [-0.05, 0) is 12.0 Å². The van der Waals surface area contributed by atoms with Gasteiger partial charge in [0, 0.05) is 0 Å². The number of hydrogen-bond donors (Lipinski definition) is 0. The van der Waals surface area contributed by atoms with Gasteiger partial charge in [0.25, 0.3) is 0 Å². The van der Waals surface area contributed by atoms with E-state index in [1.807, 2.05) is 0 Å². The van der Waals surface area contributed by atoms with Crippen molar-refractivity contribution in [3.8, 4) is 12.3 Å². The third-order valence-electron chi connectivity index (χ3n) is 0.747. The van der Waals surface area contributed by atoms with E-state index in [9.17, 15) is 4.48 Å². The van der Waals surface area contributed by atoms with Crippen LogP contribution in [0.2, 0.25) is 0 Å². The van der Waals surface area contributed by atoms with Crippen LogP contribution in [0.15, 0.2) is 12.3 Å². The van der Waals surface area contributed by atoms with Crippen molar-refractivity contribution in [2.24, 2.45) is 0 Å². The molecule has 0 aliphatic carbocycles. The summed E-state index contributed by atoms with van der Waals surface area (Å²) in [6.07, 6.45) is 6.15. The first-order chi connectivity index (χ1) is 3.84. The summed E-state index contributed by atoms with van der Waals surface area (Å²) in [6, 6.07) is 1.42. The fourth-order valence-corrected chi connectivity index (χ4v) is 0.388. The molecule has 0 aliphatic heterocycles. The fraction of sp³-hybridized carbons (Fsp3) is 0. The number of rotatable bonds is 0.